The van der Waals surface area contributed by atoms with Crippen molar-refractivity contribution in [1.82, 2.24) is 4.98 Å². The molecule has 6 heteroatoms. The summed E-state index contributed by atoms with van der Waals surface area (Å²) >= 11 is 7.28. The van der Waals surface area contributed by atoms with E-state index in [1.165, 1.54) is 11.3 Å². The van der Waals surface area contributed by atoms with E-state index in [0.29, 0.717) is 26.4 Å². The van der Waals surface area contributed by atoms with Gasteiger partial charge in [-0.1, -0.05) is 65.4 Å². The summed E-state index contributed by atoms with van der Waals surface area (Å²) in [4.78, 5) is 16.7. The van der Waals surface area contributed by atoms with Gasteiger partial charge in [-0.05, 0) is 12.1 Å². The van der Waals surface area contributed by atoms with Gasteiger partial charge in [-0.15, -0.1) is 0 Å². The Hall–Kier alpha value is -2.37. The lowest BCUT2D eigenvalue weighted by Gasteiger charge is -2.06. The molecule has 1 aromatic heterocycles. The van der Waals surface area contributed by atoms with E-state index >= 15 is 0 Å². The number of nitrogen functional groups attached to an aromatic ring is 1. The number of benzene rings is 2. The second-order valence-electron chi connectivity index (χ2n) is 4.53. The van der Waals surface area contributed by atoms with Crippen molar-refractivity contribution >= 4 is 39.0 Å². The molecule has 110 valence electrons. The SMILES string of the molecule is Nc1nc(-c2ccccc2)c(NC(=O)c2ccccc2Cl)s1. The van der Waals surface area contributed by atoms with Crippen molar-refractivity contribution in [2.45, 2.75) is 0 Å². The molecule has 0 aliphatic rings. The third-order valence-corrected chi connectivity index (χ3v) is 4.17. The van der Waals surface area contributed by atoms with Gasteiger partial charge < -0.3 is 11.1 Å². The normalized spacial score (nSPS) is 10.4. The summed E-state index contributed by atoms with van der Waals surface area (Å²) in [6, 6.07) is 16.5. The van der Waals surface area contributed by atoms with Gasteiger partial charge in [0, 0.05) is 5.56 Å². The van der Waals surface area contributed by atoms with E-state index in [2.05, 4.69) is 10.3 Å². The van der Waals surface area contributed by atoms with E-state index in [-0.39, 0.29) is 5.91 Å². The number of nitrogens with two attached hydrogens (primary N) is 1. The molecule has 0 bridgehead atoms. The van der Waals surface area contributed by atoms with Gasteiger partial charge in [0.15, 0.2) is 5.13 Å². The predicted molar refractivity (Wildman–Crippen MR) is 91.4 cm³/mol. The van der Waals surface area contributed by atoms with Crippen LogP contribution >= 0.6 is 22.9 Å². The number of nitrogens with one attached hydrogen (secondary N) is 1. The van der Waals surface area contributed by atoms with Crippen LogP contribution in [0.3, 0.4) is 0 Å². The van der Waals surface area contributed by atoms with E-state index in [0.717, 1.165) is 5.56 Å². The maximum Gasteiger partial charge on any atom is 0.257 e. The van der Waals surface area contributed by atoms with Crippen LogP contribution in [0, 0.1) is 0 Å². The minimum absolute atomic E-state index is 0.286. The Labute approximate surface area is 136 Å². The Kier molecular flexibility index (Phi) is 4.09. The highest BCUT2D eigenvalue weighted by Gasteiger charge is 2.16. The summed E-state index contributed by atoms with van der Waals surface area (Å²) in [6.45, 7) is 0. The fraction of sp³-hybridized carbons (Fsp3) is 0. The van der Waals surface area contributed by atoms with Crippen molar-refractivity contribution in [1.29, 1.82) is 0 Å². The first-order chi connectivity index (χ1) is 10.6. The number of carbonyl (C=O) groups is 1. The van der Waals surface area contributed by atoms with Gasteiger partial charge in [-0.3, -0.25) is 4.79 Å². The highest BCUT2D eigenvalue weighted by atomic mass is 35.5. The monoisotopic (exact) mass is 329 g/mol. The highest BCUT2D eigenvalue weighted by Crippen LogP contribution is 2.34. The number of aromatic nitrogens is 1. The summed E-state index contributed by atoms with van der Waals surface area (Å²) in [5.41, 5.74) is 7.75. The minimum atomic E-state index is -0.286. The van der Waals surface area contributed by atoms with Crippen molar-refractivity contribution in [2.75, 3.05) is 11.1 Å². The highest BCUT2D eigenvalue weighted by molar-refractivity contribution is 7.20. The summed E-state index contributed by atoms with van der Waals surface area (Å²) in [5, 5.41) is 4.24. The van der Waals surface area contributed by atoms with Gasteiger partial charge in [0.05, 0.1) is 10.6 Å². The van der Waals surface area contributed by atoms with Crippen molar-refractivity contribution in [2.24, 2.45) is 0 Å². The zero-order chi connectivity index (χ0) is 15.5. The summed E-state index contributed by atoms with van der Waals surface area (Å²) in [7, 11) is 0. The molecule has 0 saturated heterocycles. The van der Waals surface area contributed by atoms with Crippen LogP contribution in [-0.2, 0) is 0 Å². The van der Waals surface area contributed by atoms with Crippen molar-refractivity contribution in [3.63, 3.8) is 0 Å². The predicted octanol–water partition coefficient (Wildman–Crippen LogP) is 4.30. The molecule has 3 rings (SSSR count). The number of nitrogens with zero attached hydrogens (tertiary/aromatic N) is 1. The third-order valence-electron chi connectivity index (χ3n) is 3.04. The number of anilines is 2. The van der Waals surface area contributed by atoms with Crippen LogP contribution in [-0.4, -0.2) is 10.9 Å². The largest absolute Gasteiger partial charge is 0.375 e. The van der Waals surface area contributed by atoms with Gasteiger partial charge in [0.2, 0.25) is 0 Å². The Morgan fingerprint density at radius 2 is 1.77 bits per heavy atom. The number of amides is 1. The van der Waals surface area contributed by atoms with E-state index in [1.54, 1.807) is 24.3 Å². The van der Waals surface area contributed by atoms with Crippen molar-refractivity contribution in [3.8, 4) is 11.3 Å². The lowest BCUT2D eigenvalue weighted by atomic mass is 10.1. The van der Waals surface area contributed by atoms with E-state index in [1.807, 2.05) is 30.3 Å². The number of halogens is 1. The molecule has 4 nitrogen and oxygen atoms in total. The van der Waals surface area contributed by atoms with Crippen molar-refractivity contribution in [3.05, 3.63) is 65.2 Å². The number of hydrogen-bond acceptors (Lipinski definition) is 4. The summed E-state index contributed by atoms with van der Waals surface area (Å²) in [5.74, 6) is -0.286. The van der Waals surface area contributed by atoms with Gasteiger partial charge in [-0.2, -0.15) is 0 Å². The Morgan fingerprint density at radius 3 is 2.50 bits per heavy atom. The summed E-state index contributed by atoms with van der Waals surface area (Å²) < 4.78 is 0. The van der Waals surface area contributed by atoms with Gasteiger partial charge >= 0.3 is 0 Å². The second kappa shape index (κ2) is 6.17. The summed E-state index contributed by atoms with van der Waals surface area (Å²) in [6.07, 6.45) is 0. The Bertz CT molecular complexity index is 817. The Morgan fingerprint density at radius 1 is 1.09 bits per heavy atom. The van der Waals surface area contributed by atoms with E-state index < -0.39 is 0 Å². The smallest absolute Gasteiger partial charge is 0.257 e. The standard InChI is InChI=1S/C16H12ClN3OS/c17-12-9-5-4-8-11(12)14(21)20-15-13(19-16(18)22-15)10-6-2-1-3-7-10/h1-9H,(H2,18,19)(H,20,21). The van der Waals surface area contributed by atoms with E-state index in [4.69, 9.17) is 17.3 Å². The molecule has 0 spiro atoms. The molecule has 3 aromatic rings. The first-order valence-corrected chi connectivity index (χ1v) is 7.72. The van der Waals surface area contributed by atoms with E-state index in [9.17, 15) is 4.79 Å². The van der Waals surface area contributed by atoms with Crippen LogP contribution in [0.2, 0.25) is 5.02 Å². The quantitative estimate of drug-likeness (QED) is 0.752. The lowest BCUT2D eigenvalue weighted by Crippen LogP contribution is -2.12. The molecule has 1 heterocycles. The van der Waals surface area contributed by atoms with Gasteiger partial charge in [0.25, 0.3) is 5.91 Å². The topological polar surface area (TPSA) is 68.0 Å². The van der Waals surface area contributed by atoms with Crippen LogP contribution in [0.5, 0.6) is 0 Å². The molecule has 0 saturated carbocycles. The van der Waals surface area contributed by atoms with Crippen LogP contribution < -0.4 is 11.1 Å². The minimum Gasteiger partial charge on any atom is -0.375 e. The number of rotatable bonds is 3. The first kappa shape index (κ1) is 14.6. The molecular weight excluding hydrogens is 318 g/mol. The van der Waals surface area contributed by atoms with Crippen LogP contribution in [0.15, 0.2) is 54.6 Å². The second-order valence-corrected chi connectivity index (χ2v) is 5.97. The molecular formula is C16H12ClN3OS. The fourth-order valence-electron chi connectivity index (χ4n) is 2.03. The fourth-order valence-corrected chi connectivity index (χ4v) is 3.00. The zero-order valence-corrected chi connectivity index (χ0v) is 13.0. The number of carbonyl (C=O) groups excluding carboxylic acids is 1. The molecule has 0 fully saturated rings. The maximum absolute atomic E-state index is 12.4. The molecule has 0 unspecified atom stereocenters. The van der Waals surface area contributed by atoms with Gasteiger partial charge in [0.1, 0.15) is 10.7 Å². The molecule has 22 heavy (non-hydrogen) atoms. The molecule has 3 N–H and O–H groups in total. The average molecular weight is 330 g/mol. The van der Waals surface area contributed by atoms with Crippen molar-refractivity contribution < 1.29 is 4.79 Å². The van der Waals surface area contributed by atoms with Crippen LogP contribution in [0.1, 0.15) is 10.4 Å². The molecule has 1 amide bonds. The molecule has 0 aliphatic carbocycles. The molecule has 2 aromatic carbocycles. The van der Waals surface area contributed by atoms with Crippen LogP contribution in [0.25, 0.3) is 11.3 Å². The Balaban J connectivity index is 1.94. The van der Waals surface area contributed by atoms with Crippen LogP contribution in [0.4, 0.5) is 10.1 Å². The number of hydrogen-bond donors (Lipinski definition) is 2. The number of thiazole rings is 1. The maximum atomic E-state index is 12.4. The zero-order valence-electron chi connectivity index (χ0n) is 11.4. The molecule has 0 radical (unpaired) electrons. The molecule has 0 aliphatic heterocycles. The molecule has 0 atom stereocenters. The van der Waals surface area contributed by atoms with Gasteiger partial charge in [-0.25, -0.2) is 4.98 Å². The third kappa shape index (κ3) is 2.95. The first-order valence-electron chi connectivity index (χ1n) is 6.53. The lowest BCUT2D eigenvalue weighted by molar-refractivity contribution is 0.102. The average Bonchev–Trinajstić information content (AvgIpc) is 2.89.